The lowest BCUT2D eigenvalue weighted by Crippen LogP contribution is -2.55. The van der Waals surface area contributed by atoms with Gasteiger partial charge >= 0.3 is 0 Å². The molecule has 2 saturated heterocycles. The predicted octanol–water partition coefficient (Wildman–Crippen LogP) is 0.538. The molecule has 2 heterocycles. The fraction of sp³-hybridized carbons (Fsp3) is 1.00. The van der Waals surface area contributed by atoms with E-state index in [9.17, 15) is 8.78 Å². The molecular weight excluding hydrogens is 188 g/mol. The van der Waals surface area contributed by atoms with Crippen LogP contribution in [0.5, 0.6) is 0 Å². The zero-order chi connectivity index (χ0) is 10.0. The molecule has 2 aliphatic heterocycles. The van der Waals surface area contributed by atoms with Crippen molar-refractivity contribution < 1.29 is 8.78 Å². The number of piperidine rings is 1. The average Bonchev–Trinajstić information content (AvgIpc) is 2.19. The largest absolute Gasteiger partial charge is 0.314 e. The third kappa shape index (κ3) is 2.40. The van der Waals surface area contributed by atoms with Crippen LogP contribution in [0.15, 0.2) is 0 Å². The number of hydrogen-bond donors (Lipinski definition) is 1. The number of hydrazine groups is 1. The molecule has 0 aromatic heterocycles. The van der Waals surface area contributed by atoms with Gasteiger partial charge in [0.1, 0.15) is 0 Å². The van der Waals surface area contributed by atoms with Crippen molar-refractivity contribution in [2.45, 2.75) is 18.8 Å². The van der Waals surface area contributed by atoms with Gasteiger partial charge in [0.2, 0.25) is 0 Å². The average molecular weight is 205 g/mol. The van der Waals surface area contributed by atoms with Crippen LogP contribution in [0.3, 0.4) is 0 Å². The summed E-state index contributed by atoms with van der Waals surface area (Å²) in [7, 11) is 0. The van der Waals surface area contributed by atoms with E-state index in [2.05, 4.69) is 15.3 Å². The smallest absolute Gasteiger partial charge is 0.250 e. The summed E-state index contributed by atoms with van der Waals surface area (Å²) in [5, 5.41) is 7.54. The van der Waals surface area contributed by atoms with E-state index >= 15 is 0 Å². The minimum Gasteiger partial charge on any atom is -0.314 e. The van der Waals surface area contributed by atoms with E-state index < -0.39 is 5.92 Å². The van der Waals surface area contributed by atoms with Crippen molar-refractivity contribution in [2.24, 2.45) is 0 Å². The fourth-order valence-electron chi connectivity index (χ4n) is 2.04. The van der Waals surface area contributed by atoms with E-state index in [1.54, 1.807) is 0 Å². The maximum atomic E-state index is 12.9. The summed E-state index contributed by atoms with van der Waals surface area (Å²) < 4.78 is 25.8. The Bertz CT molecular complexity index is 182. The Balaban J connectivity index is 1.82. The highest BCUT2D eigenvalue weighted by atomic mass is 19.3. The number of rotatable bonds is 1. The van der Waals surface area contributed by atoms with Crippen LogP contribution in [0.1, 0.15) is 12.8 Å². The first-order chi connectivity index (χ1) is 6.67. The lowest BCUT2D eigenvalue weighted by Gasteiger charge is -2.41. The summed E-state index contributed by atoms with van der Waals surface area (Å²) in [6, 6.07) is 0. The monoisotopic (exact) mass is 205 g/mol. The fourth-order valence-corrected chi connectivity index (χ4v) is 2.04. The molecular formula is C9H17F2N3. The standard InChI is InChI=1S/C9H17F2N3/c10-9(11)1-5-13(6-2-9)14-7-3-12-4-8-14/h12H,1-8H2. The van der Waals surface area contributed by atoms with E-state index in [0.717, 1.165) is 26.2 Å². The first-order valence-corrected chi connectivity index (χ1v) is 5.26. The van der Waals surface area contributed by atoms with Crippen molar-refractivity contribution in [3.8, 4) is 0 Å². The van der Waals surface area contributed by atoms with Crippen LogP contribution in [-0.4, -0.2) is 55.2 Å². The Kier molecular flexibility index (Phi) is 2.99. The molecule has 0 unspecified atom stereocenters. The zero-order valence-electron chi connectivity index (χ0n) is 8.31. The summed E-state index contributed by atoms with van der Waals surface area (Å²) in [5.41, 5.74) is 0. The first kappa shape index (κ1) is 10.3. The van der Waals surface area contributed by atoms with Crippen molar-refractivity contribution in [3.63, 3.8) is 0 Å². The molecule has 0 spiro atoms. The van der Waals surface area contributed by atoms with Crippen LogP contribution < -0.4 is 5.32 Å². The Morgan fingerprint density at radius 2 is 1.36 bits per heavy atom. The van der Waals surface area contributed by atoms with E-state index in [1.165, 1.54) is 0 Å². The normalized spacial score (nSPS) is 30.4. The zero-order valence-corrected chi connectivity index (χ0v) is 8.31. The van der Waals surface area contributed by atoms with Crippen LogP contribution >= 0.6 is 0 Å². The van der Waals surface area contributed by atoms with E-state index in [0.29, 0.717) is 13.1 Å². The van der Waals surface area contributed by atoms with Crippen molar-refractivity contribution in [2.75, 3.05) is 39.3 Å². The van der Waals surface area contributed by atoms with E-state index in [1.807, 2.05) is 0 Å². The molecule has 0 amide bonds. The highest BCUT2D eigenvalue weighted by Crippen LogP contribution is 2.28. The van der Waals surface area contributed by atoms with Gasteiger partial charge in [-0.05, 0) is 0 Å². The molecule has 2 aliphatic rings. The molecule has 3 nitrogen and oxygen atoms in total. The van der Waals surface area contributed by atoms with E-state index in [-0.39, 0.29) is 12.8 Å². The predicted molar refractivity (Wildman–Crippen MR) is 50.2 cm³/mol. The van der Waals surface area contributed by atoms with Crippen molar-refractivity contribution >= 4 is 0 Å². The molecule has 0 aliphatic carbocycles. The van der Waals surface area contributed by atoms with Gasteiger partial charge in [-0.1, -0.05) is 0 Å². The Morgan fingerprint density at radius 1 is 0.857 bits per heavy atom. The number of halogens is 2. The molecule has 0 aromatic carbocycles. The SMILES string of the molecule is FC1(F)CCN(N2CCNCC2)CC1. The van der Waals surface area contributed by atoms with Gasteiger partial charge in [0.25, 0.3) is 5.92 Å². The molecule has 2 fully saturated rings. The molecule has 0 radical (unpaired) electrons. The van der Waals surface area contributed by atoms with Gasteiger partial charge in [-0.25, -0.2) is 18.8 Å². The summed E-state index contributed by atoms with van der Waals surface area (Å²) in [4.78, 5) is 0. The molecule has 1 N–H and O–H groups in total. The molecule has 0 aromatic rings. The van der Waals surface area contributed by atoms with Crippen molar-refractivity contribution in [1.29, 1.82) is 0 Å². The molecule has 14 heavy (non-hydrogen) atoms. The molecule has 2 rings (SSSR count). The lowest BCUT2D eigenvalue weighted by molar-refractivity contribution is -0.121. The molecule has 5 heteroatoms. The highest BCUT2D eigenvalue weighted by molar-refractivity contribution is 4.78. The second-order valence-electron chi connectivity index (χ2n) is 4.01. The number of nitrogens with zero attached hydrogens (tertiary/aromatic N) is 2. The molecule has 82 valence electrons. The maximum absolute atomic E-state index is 12.9. The van der Waals surface area contributed by atoms with Crippen LogP contribution in [-0.2, 0) is 0 Å². The van der Waals surface area contributed by atoms with Gasteiger partial charge in [0.15, 0.2) is 0 Å². The van der Waals surface area contributed by atoms with Gasteiger partial charge in [-0.2, -0.15) is 0 Å². The van der Waals surface area contributed by atoms with Crippen LogP contribution in [0.2, 0.25) is 0 Å². The van der Waals surface area contributed by atoms with Gasteiger partial charge in [0, 0.05) is 52.1 Å². The summed E-state index contributed by atoms with van der Waals surface area (Å²) in [6.07, 6.45) is 0.0217. The summed E-state index contributed by atoms with van der Waals surface area (Å²) >= 11 is 0. The minimum absolute atomic E-state index is 0.0108. The number of hydrogen-bond acceptors (Lipinski definition) is 3. The second-order valence-corrected chi connectivity index (χ2v) is 4.01. The number of piperazine rings is 1. The van der Waals surface area contributed by atoms with Crippen LogP contribution in [0.4, 0.5) is 8.78 Å². The Labute approximate surface area is 83.0 Å². The lowest BCUT2D eigenvalue weighted by atomic mass is 10.1. The second kappa shape index (κ2) is 4.08. The third-order valence-corrected chi connectivity index (χ3v) is 2.96. The molecule has 0 saturated carbocycles. The number of alkyl halides is 2. The van der Waals surface area contributed by atoms with Gasteiger partial charge in [0.05, 0.1) is 0 Å². The van der Waals surface area contributed by atoms with Gasteiger partial charge in [-0.3, -0.25) is 0 Å². The molecule has 0 bridgehead atoms. The maximum Gasteiger partial charge on any atom is 0.250 e. The summed E-state index contributed by atoms with van der Waals surface area (Å²) in [5.74, 6) is -2.43. The molecule has 0 atom stereocenters. The van der Waals surface area contributed by atoms with E-state index in [4.69, 9.17) is 0 Å². The van der Waals surface area contributed by atoms with Crippen LogP contribution in [0, 0.1) is 0 Å². The quantitative estimate of drug-likeness (QED) is 0.674. The van der Waals surface area contributed by atoms with Gasteiger partial charge in [-0.15, -0.1) is 0 Å². The van der Waals surface area contributed by atoms with Crippen LogP contribution in [0.25, 0.3) is 0 Å². The number of nitrogens with one attached hydrogen (secondary N) is 1. The summed E-state index contributed by atoms with van der Waals surface area (Å²) in [6.45, 7) is 4.84. The van der Waals surface area contributed by atoms with Crippen molar-refractivity contribution in [3.05, 3.63) is 0 Å². The highest BCUT2D eigenvalue weighted by Gasteiger charge is 2.35. The first-order valence-electron chi connectivity index (χ1n) is 5.26. The van der Waals surface area contributed by atoms with Crippen molar-refractivity contribution in [1.82, 2.24) is 15.3 Å². The Hall–Kier alpha value is -0.260. The topological polar surface area (TPSA) is 18.5 Å². The van der Waals surface area contributed by atoms with Gasteiger partial charge < -0.3 is 5.32 Å². The Morgan fingerprint density at radius 3 is 1.93 bits per heavy atom. The minimum atomic E-state index is -2.43. The third-order valence-electron chi connectivity index (χ3n) is 2.96.